The summed E-state index contributed by atoms with van der Waals surface area (Å²) < 4.78 is 10.2. The molecule has 0 bridgehead atoms. The lowest BCUT2D eigenvalue weighted by atomic mass is 9.65. The first-order valence-electron chi connectivity index (χ1n) is 5.97. The Balaban J connectivity index is 2.15. The molecule has 0 spiro atoms. The second-order valence-electron chi connectivity index (χ2n) is 5.33. The second kappa shape index (κ2) is 4.00. The smallest absolute Gasteiger partial charge is 0.323 e. The average Bonchev–Trinajstić information content (AvgIpc) is 3.09. The molecule has 2 N–H and O–H groups in total. The Kier molecular flexibility index (Phi) is 2.97. The van der Waals surface area contributed by atoms with Crippen molar-refractivity contribution in [3.8, 4) is 0 Å². The van der Waals surface area contributed by atoms with Crippen LogP contribution in [0.4, 0.5) is 0 Å². The van der Waals surface area contributed by atoms with Gasteiger partial charge in [-0.15, -0.1) is 0 Å². The lowest BCUT2D eigenvalue weighted by Crippen LogP contribution is -2.50. The molecule has 92 valence electrons. The summed E-state index contributed by atoms with van der Waals surface area (Å²) in [6, 6.07) is -0.472. The molecular formula is C12H21NO3. The van der Waals surface area contributed by atoms with Crippen molar-refractivity contribution in [2.24, 2.45) is 16.6 Å². The molecule has 1 heterocycles. The Hall–Kier alpha value is -0.610. The van der Waals surface area contributed by atoms with E-state index in [0.717, 1.165) is 38.9 Å². The largest absolute Gasteiger partial charge is 0.468 e. The van der Waals surface area contributed by atoms with E-state index >= 15 is 0 Å². The number of esters is 1. The van der Waals surface area contributed by atoms with Gasteiger partial charge in [-0.25, -0.2) is 0 Å². The highest BCUT2D eigenvalue weighted by molar-refractivity contribution is 5.77. The minimum atomic E-state index is -0.472. The molecule has 0 radical (unpaired) electrons. The standard InChI is InChI=1S/C12H21NO3/c1-11(5-7-16-8-6-11)12(3-4-12)9(13)10(14)15-2/h9H,3-8,13H2,1-2H3. The van der Waals surface area contributed by atoms with Gasteiger partial charge in [0.25, 0.3) is 0 Å². The summed E-state index contributed by atoms with van der Waals surface area (Å²) in [6.07, 6.45) is 4.08. The number of carbonyl (C=O) groups excluding carboxylic acids is 1. The lowest BCUT2D eigenvalue weighted by molar-refractivity contribution is -0.147. The van der Waals surface area contributed by atoms with Crippen molar-refractivity contribution in [3.63, 3.8) is 0 Å². The van der Waals surface area contributed by atoms with Gasteiger partial charge in [0.15, 0.2) is 0 Å². The summed E-state index contributed by atoms with van der Waals surface area (Å²) in [6.45, 7) is 3.81. The Bertz CT molecular complexity index is 280. The van der Waals surface area contributed by atoms with Crippen molar-refractivity contribution >= 4 is 5.97 Å². The molecule has 1 saturated heterocycles. The Morgan fingerprint density at radius 2 is 1.88 bits per heavy atom. The van der Waals surface area contributed by atoms with Crippen LogP contribution in [-0.2, 0) is 14.3 Å². The van der Waals surface area contributed by atoms with E-state index < -0.39 is 6.04 Å². The third kappa shape index (κ3) is 1.64. The quantitative estimate of drug-likeness (QED) is 0.733. The first-order chi connectivity index (χ1) is 7.56. The van der Waals surface area contributed by atoms with Gasteiger partial charge in [-0.2, -0.15) is 0 Å². The van der Waals surface area contributed by atoms with E-state index in [0.29, 0.717) is 0 Å². The zero-order valence-electron chi connectivity index (χ0n) is 10.1. The molecular weight excluding hydrogens is 206 g/mol. The molecule has 16 heavy (non-hydrogen) atoms. The number of nitrogens with two attached hydrogens (primary N) is 1. The fraction of sp³-hybridized carbons (Fsp3) is 0.917. The van der Waals surface area contributed by atoms with E-state index in [9.17, 15) is 4.79 Å². The van der Waals surface area contributed by atoms with Gasteiger partial charge < -0.3 is 15.2 Å². The summed E-state index contributed by atoms with van der Waals surface area (Å²) >= 11 is 0. The number of ether oxygens (including phenoxy) is 2. The molecule has 0 aromatic carbocycles. The van der Waals surface area contributed by atoms with Gasteiger partial charge >= 0.3 is 5.97 Å². The van der Waals surface area contributed by atoms with Gasteiger partial charge in [0.05, 0.1) is 7.11 Å². The van der Waals surface area contributed by atoms with Gasteiger partial charge in [-0.05, 0) is 31.1 Å². The highest BCUT2D eigenvalue weighted by Crippen LogP contribution is 2.64. The highest BCUT2D eigenvalue weighted by atomic mass is 16.5. The van der Waals surface area contributed by atoms with Crippen LogP contribution in [0.3, 0.4) is 0 Å². The third-order valence-electron chi connectivity index (χ3n) is 4.64. The normalized spacial score (nSPS) is 28.2. The van der Waals surface area contributed by atoms with Crippen LogP contribution in [0.2, 0.25) is 0 Å². The number of hydrogen-bond acceptors (Lipinski definition) is 4. The summed E-state index contributed by atoms with van der Waals surface area (Å²) in [5.41, 5.74) is 6.17. The molecule has 1 unspecified atom stereocenters. The summed E-state index contributed by atoms with van der Waals surface area (Å²) in [7, 11) is 1.41. The van der Waals surface area contributed by atoms with Gasteiger partial charge in [0.1, 0.15) is 6.04 Å². The minimum Gasteiger partial charge on any atom is -0.468 e. The zero-order valence-corrected chi connectivity index (χ0v) is 10.1. The fourth-order valence-corrected chi connectivity index (χ4v) is 3.10. The Labute approximate surface area is 96.5 Å². The van der Waals surface area contributed by atoms with E-state index in [1.807, 2.05) is 0 Å². The van der Waals surface area contributed by atoms with Crippen molar-refractivity contribution < 1.29 is 14.3 Å². The Morgan fingerprint density at radius 1 is 1.31 bits per heavy atom. The fourth-order valence-electron chi connectivity index (χ4n) is 3.10. The van der Waals surface area contributed by atoms with Gasteiger partial charge in [-0.1, -0.05) is 6.92 Å². The first-order valence-corrected chi connectivity index (χ1v) is 5.97. The molecule has 2 fully saturated rings. The monoisotopic (exact) mass is 227 g/mol. The van der Waals surface area contributed by atoms with E-state index in [2.05, 4.69) is 6.92 Å². The van der Waals surface area contributed by atoms with Crippen LogP contribution in [0.25, 0.3) is 0 Å². The molecule has 4 heteroatoms. The molecule has 1 saturated carbocycles. The zero-order chi connectivity index (χ0) is 11.8. The maximum absolute atomic E-state index is 11.6. The summed E-state index contributed by atoms with van der Waals surface area (Å²) in [4.78, 5) is 11.6. The first kappa shape index (κ1) is 11.9. The molecule has 2 rings (SSSR count). The van der Waals surface area contributed by atoms with Crippen LogP contribution in [0.15, 0.2) is 0 Å². The van der Waals surface area contributed by atoms with Crippen molar-refractivity contribution in [1.29, 1.82) is 0 Å². The van der Waals surface area contributed by atoms with Crippen molar-refractivity contribution in [2.75, 3.05) is 20.3 Å². The summed E-state index contributed by atoms with van der Waals surface area (Å²) in [5, 5.41) is 0. The second-order valence-corrected chi connectivity index (χ2v) is 5.33. The van der Waals surface area contributed by atoms with Crippen molar-refractivity contribution in [2.45, 2.75) is 38.6 Å². The average molecular weight is 227 g/mol. The third-order valence-corrected chi connectivity index (χ3v) is 4.64. The number of methoxy groups -OCH3 is 1. The maximum atomic E-state index is 11.6. The Morgan fingerprint density at radius 3 is 2.31 bits per heavy atom. The van der Waals surface area contributed by atoms with Gasteiger partial charge in [-0.3, -0.25) is 4.79 Å². The van der Waals surface area contributed by atoms with E-state index in [1.54, 1.807) is 0 Å². The van der Waals surface area contributed by atoms with Crippen molar-refractivity contribution in [1.82, 2.24) is 0 Å². The molecule has 0 aromatic rings. The SMILES string of the molecule is COC(=O)C(N)C1(C2(C)CCOCC2)CC1. The van der Waals surface area contributed by atoms with Crippen LogP contribution in [0, 0.1) is 10.8 Å². The van der Waals surface area contributed by atoms with Crippen LogP contribution in [0.5, 0.6) is 0 Å². The number of rotatable bonds is 3. The predicted molar refractivity (Wildman–Crippen MR) is 59.8 cm³/mol. The van der Waals surface area contributed by atoms with Crippen LogP contribution < -0.4 is 5.73 Å². The minimum absolute atomic E-state index is 0.0378. The molecule has 1 aliphatic heterocycles. The predicted octanol–water partition coefficient (Wildman–Crippen LogP) is 1.08. The number of carbonyl (C=O) groups is 1. The molecule has 2 aliphatic rings. The molecule has 0 aromatic heterocycles. The van der Waals surface area contributed by atoms with Crippen molar-refractivity contribution in [3.05, 3.63) is 0 Å². The van der Waals surface area contributed by atoms with Crippen LogP contribution >= 0.6 is 0 Å². The van der Waals surface area contributed by atoms with Crippen LogP contribution in [-0.4, -0.2) is 32.3 Å². The van der Waals surface area contributed by atoms with E-state index in [4.69, 9.17) is 15.2 Å². The van der Waals surface area contributed by atoms with E-state index in [-0.39, 0.29) is 16.8 Å². The van der Waals surface area contributed by atoms with Crippen LogP contribution in [0.1, 0.15) is 32.6 Å². The summed E-state index contributed by atoms with van der Waals surface area (Å²) in [5.74, 6) is -0.273. The lowest BCUT2D eigenvalue weighted by Gasteiger charge is -2.43. The molecule has 4 nitrogen and oxygen atoms in total. The molecule has 1 atom stereocenters. The number of hydrogen-bond donors (Lipinski definition) is 1. The highest BCUT2D eigenvalue weighted by Gasteiger charge is 2.62. The maximum Gasteiger partial charge on any atom is 0.323 e. The molecule has 0 amide bonds. The van der Waals surface area contributed by atoms with Gasteiger partial charge in [0.2, 0.25) is 0 Å². The van der Waals surface area contributed by atoms with Gasteiger partial charge in [0, 0.05) is 18.6 Å². The van der Waals surface area contributed by atoms with E-state index in [1.165, 1.54) is 7.11 Å². The topological polar surface area (TPSA) is 61.5 Å². The molecule has 1 aliphatic carbocycles.